The normalized spacial score (nSPS) is 19.4. The largest absolute Gasteiger partial charge is 0.389 e. The van der Waals surface area contributed by atoms with E-state index >= 15 is 0 Å². The van der Waals surface area contributed by atoms with Crippen molar-refractivity contribution in [3.63, 3.8) is 0 Å². The predicted octanol–water partition coefficient (Wildman–Crippen LogP) is 1.43. The topological polar surface area (TPSA) is 69.6 Å². The molecule has 114 valence electrons. The molecule has 1 heterocycles. The minimum atomic E-state index is -0.970. The third-order valence-corrected chi connectivity index (χ3v) is 3.83. The number of aryl methyl sites for hydroxylation is 1. The van der Waals surface area contributed by atoms with Crippen molar-refractivity contribution >= 4 is 17.5 Å². The third-order valence-electron chi connectivity index (χ3n) is 3.83. The molecule has 5 nitrogen and oxygen atoms in total. The Morgan fingerprint density at radius 3 is 2.57 bits per heavy atom. The smallest absolute Gasteiger partial charge is 0.251 e. The fourth-order valence-corrected chi connectivity index (χ4v) is 2.42. The molecule has 0 aliphatic carbocycles. The molecule has 0 unspecified atom stereocenters. The molecule has 0 spiro atoms. The van der Waals surface area contributed by atoms with Crippen molar-refractivity contribution in [2.45, 2.75) is 39.3 Å². The van der Waals surface area contributed by atoms with Crippen LogP contribution in [-0.2, 0) is 9.59 Å². The van der Waals surface area contributed by atoms with Crippen molar-refractivity contribution in [1.29, 1.82) is 0 Å². The summed E-state index contributed by atoms with van der Waals surface area (Å²) in [4.78, 5) is 25.3. The highest BCUT2D eigenvalue weighted by molar-refractivity contribution is 6.06. The second kappa shape index (κ2) is 5.11. The average Bonchev–Trinajstić information content (AvgIpc) is 2.37. The first kappa shape index (κ1) is 15.4. The van der Waals surface area contributed by atoms with Crippen LogP contribution >= 0.6 is 0 Å². The van der Waals surface area contributed by atoms with Crippen LogP contribution in [0.5, 0.6) is 0 Å². The van der Waals surface area contributed by atoms with Crippen LogP contribution in [0.3, 0.4) is 0 Å². The van der Waals surface area contributed by atoms with Crippen LogP contribution in [0.15, 0.2) is 12.1 Å². The number of carbonyl (C=O) groups excluding carboxylic acids is 2. The molecule has 6 heteroatoms. The summed E-state index contributed by atoms with van der Waals surface area (Å²) >= 11 is 0. The summed E-state index contributed by atoms with van der Waals surface area (Å²) < 4.78 is 13.8. The molecule has 0 saturated carbocycles. The van der Waals surface area contributed by atoms with Gasteiger partial charge in [-0.2, -0.15) is 0 Å². The number of hydrogen-bond acceptors (Lipinski definition) is 4. The number of imide groups is 1. The molecule has 1 fully saturated rings. The van der Waals surface area contributed by atoms with Crippen LogP contribution in [0.25, 0.3) is 0 Å². The van der Waals surface area contributed by atoms with Crippen molar-refractivity contribution in [3.05, 3.63) is 29.1 Å². The number of anilines is 1. The lowest BCUT2D eigenvalue weighted by molar-refractivity contribution is -0.135. The fraction of sp³-hybridized carbons (Fsp3) is 0.467. The first-order chi connectivity index (χ1) is 9.64. The van der Waals surface area contributed by atoms with Gasteiger partial charge in [-0.3, -0.25) is 14.9 Å². The zero-order chi connectivity index (χ0) is 15.9. The molecule has 2 rings (SSSR count). The zero-order valence-electron chi connectivity index (χ0n) is 12.5. The Hall–Kier alpha value is -1.95. The Morgan fingerprint density at radius 2 is 2.00 bits per heavy atom. The van der Waals surface area contributed by atoms with Crippen molar-refractivity contribution in [3.8, 4) is 0 Å². The molecule has 21 heavy (non-hydrogen) atoms. The monoisotopic (exact) mass is 294 g/mol. The molecular weight excluding hydrogens is 275 g/mol. The molecule has 2 amide bonds. The van der Waals surface area contributed by atoms with E-state index in [1.165, 1.54) is 13.0 Å². The quantitative estimate of drug-likeness (QED) is 0.810. The molecular formula is C15H19FN2O3. The van der Waals surface area contributed by atoms with Gasteiger partial charge < -0.3 is 10.0 Å². The second-order valence-electron chi connectivity index (χ2n) is 5.86. The van der Waals surface area contributed by atoms with Gasteiger partial charge in [0.05, 0.1) is 12.6 Å². The zero-order valence-corrected chi connectivity index (χ0v) is 12.5. The number of hydrogen-bond donors (Lipinski definition) is 2. The Morgan fingerprint density at radius 1 is 1.38 bits per heavy atom. The molecule has 1 aromatic carbocycles. The van der Waals surface area contributed by atoms with Crippen LogP contribution in [0, 0.1) is 12.7 Å². The number of nitrogens with one attached hydrogen (secondary N) is 1. The lowest BCUT2D eigenvalue weighted by Gasteiger charge is -2.43. The summed E-state index contributed by atoms with van der Waals surface area (Å²) in [6, 6.07) is 2.81. The molecule has 1 aliphatic rings. The number of carbonyl (C=O) groups is 2. The predicted molar refractivity (Wildman–Crippen MR) is 76.3 cm³/mol. The molecule has 0 radical (unpaired) electrons. The number of nitrogens with zero attached hydrogens (tertiary/aromatic N) is 1. The highest BCUT2D eigenvalue weighted by atomic mass is 19.1. The van der Waals surface area contributed by atoms with E-state index in [4.69, 9.17) is 0 Å². The van der Waals surface area contributed by atoms with E-state index in [2.05, 4.69) is 5.32 Å². The molecule has 1 saturated heterocycles. The maximum absolute atomic E-state index is 13.8. The number of rotatable bonds is 2. The van der Waals surface area contributed by atoms with Crippen LogP contribution in [-0.4, -0.2) is 29.0 Å². The number of aliphatic hydroxyl groups excluding tert-OH is 1. The summed E-state index contributed by atoms with van der Waals surface area (Å²) in [6.45, 7) is 6.46. The van der Waals surface area contributed by atoms with E-state index in [0.717, 1.165) is 0 Å². The van der Waals surface area contributed by atoms with Gasteiger partial charge in [-0.25, -0.2) is 4.39 Å². The van der Waals surface area contributed by atoms with E-state index in [0.29, 0.717) is 16.8 Å². The van der Waals surface area contributed by atoms with Gasteiger partial charge in [0.2, 0.25) is 5.91 Å². The number of benzene rings is 1. The summed E-state index contributed by atoms with van der Waals surface area (Å²) in [7, 11) is 0. The van der Waals surface area contributed by atoms with Crippen LogP contribution in [0.1, 0.15) is 38.0 Å². The molecule has 1 atom stereocenters. The van der Waals surface area contributed by atoms with Gasteiger partial charge in [-0.1, -0.05) is 0 Å². The maximum Gasteiger partial charge on any atom is 0.251 e. The molecule has 1 aliphatic heterocycles. The highest BCUT2D eigenvalue weighted by Gasteiger charge is 2.42. The van der Waals surface area contributed by atoms with Gasteiger partial charge in [0.1, 0.15) is 11.4 Å². The SMILES string of the molecule is Cc1cc(N2CC(=O)NC(=O)C2(C)C)c([C@H](C)O)cc1F. The van der Waals surface area contributed by atoms with Crippen molar-refractivity contribution in [2.24, 2.45) is 0 Å². The number of aliphatic hydroxyl groups is 1. The Labute approximate surface area is 122 Å². The Bertz CT molecular complexity index is 611. The number of amides is 2. The van der Waals surface area contributed by atoms with Gasteiger partial charge in [0.15, 0.2) is 0 Å². The minimum absolute atomic E-state index is 0.0243. The molecule has 0 bridgehead atoms. The number of halogens is 1. The summed E-state index contributed by atoms with van der Waals surface area (Å²) in [5, 5.41) is 12.2. The highest BCUT2D eigenvalue weighted by Crippen LogP contribution is 2.34. The first-order valence-electron chi connectivity index (χ1n) is 6.74. The van der Waals surface area contributed by atoms with Gasteiger partial charge >= 0.3 is 0 Å². The van der Waals surface area contributed by atoms with Crippen LogP contribution in [0.4, 0.5) is 10.1 Å². The van der Waals surface area contributed by atoms with E-state index in [1.54, 1.807) is 31.7 Å². The summed E-state index contributed by atoms with van der Waals surface area (Å²) in [5.74, 6) is -1.27. The van der Waals surface area contributed by atoms with Crippen molar-refractivity contribution in [2.75, 3.05) is 11.4 Å². The second-order valence-corrected chi connectivity index (χ2v) is 5.86. The molecule has 1 aromatic rings. The first-order valence-corrected chi connectivity index (χ1v) is 6.74. The standard InChI is InChI=1S/C15H19FN2O3/c1-8-5-12(10(9(2)19)6-11(8)16)18-7-13(20)17-14(21)15(18,3)4/h5-6,9,19H,7H2,1-4H3,(H,17,20,21)/t9-/m0/s1. The summed E-state index contributed by atoms with van der Waals surface area (Å²) in [5.41, 5.74) is 0.274. The Balaban J connectivity index is 2.61. The number of piperazine rings is 1. The van der Waals surface area contributed by atoms with Crippen LogP contribution < -0.4 is 10.2 Å². The van der Waals surface area contributed by atoms with Gasteiger partial charge in [0, 0.05) is 11.3 Å². The van der Waals surface area contributed by atoms with Gasteiger partial charge in [-0.05, 0) is 45.4 Å². The lowest BCUT2D eigenvalue weighted by Crippen LogP contribution is -2.64. The van der Waals surface area contributed by atoms with Gasteiger partial charge in [0.25, 0.3) is 5.91 Å². The van der Waals surface area contributed by atoms with E-state index < -0.39 is 29.3 Å². The maximum atomic E-state index is 13.8. The fourth-order valence-electron chi connectivity index (χ4n) is 2.42. The van der Waals surface area contributed by atoms with Crippen molar-refractivity contribution in [1.82, 2.24) is 5.32 Å². The van der Waals surface area contributed by atoms with E-state index in [1.807, 2.05) is 0 Å². The van der Waals surface area contributed by atoms with E-state index in [9.17, 15) is 19.1 Å². The minimum Gasteiger partial charge on any atom is -0.389 e. The average molecular weight is 294 g/mol. The Kier molecular flexibility index (Phi) is 3.76. The van der Waals surface area contributed by atoms with E-state index in [-0.39, 0.29) is 6.54 Å². The molecule has 0 aromatic heterocycles. The van der Waals surface area contributed by atoms with Crippen LogP contribution in [0.2, 0.25) is 0 Å². The van der Waals surface area contributed by atoms with Crippen molar-refractivity contribution < 1.29 is 19.1 Å². The summed E-state index contributed by atoms with van der Waals surface area (Å²) in [6.07, 6.45) is -0.911. The molecule has 2 N–H and O–H groups in total. The lowest BCUT2D eigenvalue weighted by atomic mass is 9.94. The third kappa shape index (κ3) is 2.63. The van der Waals surface area contributed by atoms with Gasteiger partial charge in [-0.15, -0.1) is 0 Å².